The van der Waals surface area contributed by atoms with Gasteiger partial charge in [-0.15, -0.1) is 0 Å². The summed E-state index contributed by atoms with van der Waals surface area (Å²) in [4.78, 5) is 69.9. The molecule has 13 heteroatoms. The van der Waals surface area contributed by atoms with Gasteiger partial charge in [-0.3, -0.25) is 24.0 Å². The van der Waals surface area contributed by atoms with Gasteiger partial charge < -0.3 is 37.6 Å². The van der Waals surface area contributed by atoms with Crippen molar-refractivity contribution in [1.82, 2.24) is 16.0 Å². The first-order valence-corrected chi connectivity index (χ1v) is 9.25. The summed E-state index contributed by atoms with van der Waals surface area (Å²) in [6.07, 6.45) is -0.957. The molecule has 13 nitrogen and oxygen atoms in total. The topological polar surface area (TPSA) is 231 Å². The smallest absolute Gasteiger partial charge is 0.326 e. The molecule has 0 radical (unpaired) electrons. The summed E-state index contributed by atoms with van der Waals surface area (Å²) in [7, 11) is 0. The van der Waals surface area contributed by atoms with Crippen molar-refractivity contribution in [3.05, 3.63) is 0 Å². The van der Waals surface area contributed by atoms with Gasteiger partial charge in [-0.05, 0) is 12.3 Å². The van der Waals surface area contributed by atoms with E-state index in [1.54, 1.807) is 13.8 Å². The molecule has 0 saturated heterocycles. The van der Waals surface area contributed by atoms with Gasteiger partial charge in [0.05, 0.1) is 13.0 Å². The van der Waals surface area contributed by atoms with E-state index >= 15 is 0 Å². The second kappa shape index (κ2) is 13.1. The Labute approximate surface area is 172 Å². The SMILES string of the molecule is CCC(C)C(NC(=O)C(CC(N)=O)NC(=O)CN)C(=O)NC(CCC(=O)O)C(=O)O. The lowest BCUT2D eigenvalue weighted by molar-refractivity contribution is -0.144. The van der Waals surface area contributed by atoms with Crippen LogP contribution in [0.25, 0.3) is 0 Å². The first-order valence-electron chi connectivity index (χ1n) is 9.25. The van der Waals surface area contributed by atoms with E-state index in [1.165, 1.54) is 0 Å². The van der Waals surface area contributed by atoms with Crippen LogP contribution in [0.2, 0.25) is 0 Å². The molecule has 4 unspecified atom stereocenters. The molecule has 0 saturated carbocycles. The maximum absolute atomic E-state index is 12.6. The van der Waals surface area contributed by atoms with Crippen molar-refractivity contribution in [2.45, 2.75) is 57.7 Å². The minimum atomic E-state index is -1.48. The number of aliphatic carboxylic acids is 2. The summed E-state index contributed by atoms with van der Waals surface area (Å²) >= 11 is 0. The highest BCUT2D eigenvalue weighted by molar-refractivity contribution is 5.95. The fourth-order valence-electron chi connectivity index (χ4n) is 2.41. The molecule has 0 aliphatic carbocycles. The van der Waals surface area contributed by atoms with Crippen molar-refractivity contribution in [2.75, 3.05) is 6.54 Å². The molecule has 0 aromatic carbocycles. The maximum atomic E-state index is 12.6. The van der Waals surface area contributed by atoms with Crippen LogP contribution in [0.15, 0.2) is 0 Å². The number of nitrogens with two attached hydrogens (primary N) is 2. The molecule has 4 amide bonds. The third kappa shape index (κ3) is 9.82. The zero-order valence-electron chi connectivity index (χ0n) is 16.8. The first-order chi connectivity index (χ1) is 13.9. The summed E-state index contributed by atoms with van der Waals surface area (Å²) in [6, 6.07) is -4.06. The predicted octanol–water partition coefficient (Wildman–Crippen LogP) is -2.73. The van der Waals surface area contributed by atoms with Gasteiger partial charge in [0.15, 0.2) is 0 Å². The molecule has 0 aliphatic rings. The number of rotatable bonds is 14. The highest BCUT2D eigenvalue weighted by Crippen LogP contribution is 2.10. The standard InChI is InChI=1S/C17H29N5O8/c1-3-8(2)14(16(28)21-9(17(29)30)4-5-13(25)26)22-15(27)10(6-11(19)23)20-12(24)7-18/h8-10,14H,3-7,18H2,1-2H3,(H2,19,23)(H,20,24)(H,21,28)(H,22,27)(H,25,26)(H,29,30). The van der Waals surface area contributed by atoms with E-state index in [9.17, 15) is 33.9 Å². The van der Waals surface area contributed by atoms with Gasteiger partial charge in [-0.2, -0.15) is 0 Å². The maximum Gasteiger partial charge on any atom is 0.326 e. The number of carboxylic acid groups (broad SMARTS) is 2. The molecular formula is C17H29N5O8. The minimum absolute atomic E-state index is 0.353. The molecule has 0 rings (SSSR count). The van der Waals surface area contributed by atoms with E-state index < -0.39 is 79.0 Å². The van der Waals surface area contributed by atoms with Crippen LogP contribution in [0.5, 0.6) is 0 Å². The molecule has 0 aromatic heterocycles. The summed E-state index contributed by atoms with van der Waals surface area (Å²) in [5.74, 6) is -6.45. The number of hydrogen-bond acceptors (Lipinski definition) is 7. The average molecular weight is 431 g/mol. The fraction of sp³-hybridized carbons (Fsp3) is 0.647. The van der Waals surface area contributed by atoms with Crippen LogP contribution in [-0.2, 0) is 28.8 Å². The van der Waals surface area contributed by atoms with Gasteiger partial charge in [-0.1, -0.05) is 20.3 Å². The van der Waals surface area contributed by atoms with Crippen molar-refractivity contribution in [3.63, 3.8) is 0 Å². The van der Waals surface area contributed by atoms with Crippen LogP contribution in [-0.4, -0.2) is 70.5 Å². The van der Waals surface area contributed by atoms with E-state index in [0.717, 1.165) is 0 Å². The Balaban J connectivity index is 5.44. The van der Waals surface area contributed by atoms with Crippen molar-refractivity contribution in [2.24, 2.45) is 17.4 Å². The molecule has 30 heavy (non-hydrogen) atoms. The lowest BCUT2D eigenvalue weighted by atomic mass is 9.97. The first kappa shape index (κ1) is 26.8. The second-order valence-corrected chi connectivity index (χ2v) is 6.70. The van der Waals surface area contributed by atoms with E-state index in [0.29, 0.717) is 6.42 Å². The number of carbonyl (C=O) groups excluding carboxylic acids is 4. The van der Waals surface area contributed by atoms with E-state index in [4.69, 9.17) is 16.6 Å². The number of amides is 4. The molecule has 0 bridgehead atoms. The predicted molar refractivity (Wildman–Crippen MR) is 103 cm³/mol. The van der Waals surface area contributed by atoms with E-state index in [-0.39, 0.29) is 6.42 Å². The third-order valence-corrected chi connectivity index (χ3v) is 4.30. The summed E-state index contributed by atoms with van der Waals surface area (Å²) in [5, 5.41) is 24.7. The third-order valence-electron chi connectivity index (χ3n) is 4.30. The molecule has 0 aromatic rings. The molecule has 170 valence electrons. The monoisotopic (exact) mass is 431 g/mol. The van der Waals surface area contributed by atoms with Crippen molar-refractivity contribution in [3.8, 4) is 0 Å². The zero-order valence-corrected chi connectivity index (χ0v) is 16.8. The number of carbonyl (C=O) groups is 6. The quantitative estimate of drug-likeness (QED) is 0.151. The largest absolute Gasteiger partial charge is 0.481 e. The lowest BCUT2D eigenvalue weighted by Gasteiger charge is -2.27. The van der Waals surface area contributed by atoms with Crippen LogP contribution < -0.4 is 27.4 Å². The van der Waals surface area contributed by atoms with Crippen LogP contribution in [0.1, 0.15) is 39.5 Å². The van der Waals surface area contributed by atoms with Crippen LogP contribution in [0, 0.1) is 5.92 Å². The molecule has 0 heterocycles. The molecule has 0 aliphatic heterocycles. The van der Waals surface area contributed by atoms with Gasteiger partial charge in [-0.25, -0.2) is 4.79 Å². The Morgan fingerprint density at radius 2 is 1.53 bits per heavy atom. The summed E-state index contributed by atoms with van der Waals surface area (Å²) in [5.41, 5.74) is 10.3. The van der Waals surface area contributed by atoms with Gasteiger partial charge in [0, 0.05) is 6.42 Å². The summed E-state index contributed by atoms with van der Waals surface area (Å²) in [6.45, 7) is 2.91. The fourth-order valence-corrected chi connectivity index (χ4v) is 2.41. The number of nitrogens with one attached hydrogen (secondary N) is 3. The summed E-state index contributed by atoms with van der Waals surface area (Å²) < 4.78 is 0. The van der Waals surface area contributed by atoms with Gasteiger partial charge >= 0.3 is 11.9 Å². The van der Waals surface area contributed by atoms with Crippen molar-refractivity contribution < 1.29 is 39.0 Å². The Bertz CT molecular complexity index is 669. The Kier molecular flexibility index (Phi) is 11.7. The zero-order chi connectivity index (χ0) is 23.4. The normalized spacial score (nSPS) is 14.5. The van der Waals surface area contributed by atoms with Crippen LogP contribution >= 0.6 is 0 Å². The number of carboxylic acids is 2. The Hall–Kier alpha value is -3.22. The molecule has 0 fully saturated rings. The average Bonchev–Trinajstić information content (AvgIpc) is 2.66. The highest BCUT2D eigenvalue weighted by atomic mass is 16.4. The highest BCUT2D eigenvalue weighted by Gasteiger charge is 2.32. The molecule has 4 atom stereocenters. The van der Waals surface area contributed by atoms with Gasteiger partial charge in [0.2, 0.25) is 23.6 Å². The van der Waals surface area contributed by atoms with Crippen LogP contribution in [0.4, 0.5) is 0 Å². The molecular weight excluding hydrogens is 402 g/mol. The lowest BCUT2D eigenvalue weighted by Crippen LogP contribution is -2.58. The van der Waals surface area contributed by atoms with Crippen molar-refractivity contribution >= 4 is 35.6 Å². The van der Waals surface area contributed by atoms with E-state index in [2.05, 4.69) is 16.0 Å². The number of hydrogen-bond donors (Lipinski definition) is 7. The molecule has 9 N–H and O–H groups in total. The van der Waals surface area contributed by atoms with E-state index in [1.807, 2.05) is 0 Å². The van der Waals surface area contributed by atoms with Crippen molar-refractivity contribution in [1.29, 1.82) is 0 Å². The Morgan fingerprint density at radius 1 is 0.933 bits per heavy atom. The number of primary amides is 1. The second-order valence-electron chi connectivity index (χ2n) is 6.70. The van der Waals surface area contributed by atoms with Crippen LogP contribution in [0.3, 0.4) is 0 Å². The van der Waals surface area contributed by atoms with Gasteiger partial charge in [0.1, 0.15) is 18.1 Å². The minimum Gasteiger partial charge on any atom is -0.481 e. The molecule has 0 spiro atoms. The van der Waals surface area contributed by atoms with Gasteiger partial charge in [0.25, 0.3) is 0 Å². The Morgan fingerprint density at radius 3 is 1.97 bits per heavy atom.